The highest BCUT2D eigenvalue weighted by Gasteiger charge is 2.18. The van der Waals surface area contributed by atoms with Crippen LogP contribution >= 0.6 is 24.8 Å². The molecular formula is C20H33Cl2N3O2. The van der Waals surface area contributed by atoms with E-state index in [1.807, 2.05) is 24.3 Å². The van der Waals surface area contributed by atoms with Gasteiger partial charge in [-0.2, -0.15) is 0 Å². The number of nitrogens with zero attached hydrogens (tertiary/aromatic N) is 1. The van der Waals surface area contributed by atoms with Gasteiger partial charge in [-0.05, 0) is 75.0 Å². The molecule has 154 valence electrons. The van der Waals surface area contributed by atoms with Gasteiger partial charge in [-0.15, -0.1) is 24.8 Å². The number of amides is 1. The molecule has 7 heteroatoms. The normalized spacial score (nSPS) is 22.0. The van der Waals surface area contributed by atoms with Crippen molar-refractivity contribution in [2.24, 2.45) is 11.8 Å². The third kappa shape index (κ3) is 8.26. The van der Waals surface area contributed by atoms with E-state index in [2.05, 4.69) is 22.5 Å². The van der Waals surface area contributed by atoms with Crippen LogP contribution in [0.4, 0.5) is 5.69 Å². The molecule has 2 N–H and O–H groups in total. The van der Waals surface area contributed by atoms with Crippen LogP contribution in [0.5, 0.6) is 5.75 Å². The number of nitrogens with one attached hydrogen (secondary N) is 2. The van der Waals surface area contributed by atoms with Gasteiger partial charge in [0.1, 0.15) is 12.4 Å². The number of benzene rings is 1. The first kappa shape index (κ1) is 24.0. The lowest BCUT2D eigenvalue weighted by atomic mass is 10.0. The molecule has 3 rings (SSSR count). The van der Waals surface area contributed by atoms with Crippen LogP contribution in [0.25, 0.3) is 0 Å². The molecule has 2 aliphatic heterocycles. The lowest BCUT2D eigenvalue weighted by Gasteiger charge is -2.15. The van der Waals surface area contributed by atoms with Gasteiger partial charge >= 0.3 is 0 Å². The lowest BCUT2D eigenvalue weighted by molar-refractivity contribution is -0.116. The van der Waals surface area contributed by atoms with Crippen molar-refractivity contribution in [3.05, 3.63) is 24.3 Å². The summed E-state index contributed by atoms with van der Waals surface area (Å²) in [6.07, 6.45) is 4.05. The van der Waals surface area contributed by atoms with E-state index in [4.69, 9.17) is 4.74 Å². The number of hydrogen-bond acceptors (Lipinski definition) is 4. The molecule has 0 aliphatic carbocycles. The Kier molecular flexibility index (Phi) is 11.1. The number of carbonyl (C=O) groups excluding carboxylic acids is 1. The van der Waals surface area contributed by atoms with Gasteiger partial charge in [-0.25, -0.2) is 0 Å². The van der Waals surface area contributed by atoms with Crippen molar-refractivity contribution < 1.29 is 9.53 Å². The van der Waals surface area contributed by atoms with Crippen molar-refractivity contribution in [3.63, 3.8) is 0 Å². The SMILES string of the molecule is CC1CCN(CCOc2ccc(NC(=O)CCC3CCNC3)cc2)C1.Cl.Cl. The zero-order valence-corrected chi connectivity index (χ0v) is 17.7. The molecule has 1 aromatic carbocycles. The first-order valence-electron chi connectivity index (χ1n) is 9.65. The van der Waals surface area contributed by atoms with Gasteiger partial charge in [0.2, 0.25) is 5.91 Å². The van der Waals surface area contributed by atoms with Crippen LogP contribution in [0.15, 0.2) is 24.3 Å². The molecule has 0 saturated carbocycles. The van der Waals surface area contributed by atoms with Crippen molar-refractivity contribution in [2.75, 3.05) is 44.6 Å². The molecule has 2 saturated heterocycles. The molecule has 1 aromatic rings. The predicted molar refractivity (Wildman–Crippen MR) is 115 cm³/mol. The number of rotatable bonds is 8. The number of anilines is 1. The fourth-order valence-electron chi connectivity index (χ4n) is 3.68. The molecule has 0 radical (unpaired) electrons. The topological polar surface area (TPSA) is 53.6 Å². The summed E-state index contributed by atoms with van der Waals surface area (Å²) in [5, 5.41) is 6.32. The first-order chi connectivity index (χ1) is 12.2. The van der Waals surface area contributed by atoms with Gasteiger partial charge in [0.05, 0.1) is 0 Å². The summed E-state index contributed by atoms with van der Waals surface area (Å²) in [6, 6.07) is 7.71. The second-order valence-corrected chi connectivity index (χ2v) is 7.51. The summed E-state index contributed by atoms with van der Waals surface area (Å²) in [5.74, 6) is 2.43. The van der Waals surface area contributed by atoms with Gasteiger partial charge < -0.3 is 15.4 Å². The smallest absolute Gasteiger partial charge is 0.224 e. The number of carbonyl (C=O) groups is 1. The minimum absolute atomic E-state index is 0. The van der Waals surface area contributed by atoms with Crippen LogP contribution in [0.2, 0.25) is 0 Å². The predicted octanol–water partition coefficient (Wildman–Crippen LogP) is 3.58. The standard InChI is InChI=1S/C20H31N3O2.2ClH/c1-16-9-11-23(15-16)12-13-25-19-5-3-18(4-6-19)22-20(24)7-2-17-8-10-21-14-17;;/h3-6,16-17,21H,2,7-15H2,1H3,(H,22,24);2*1H. The first-order valence-corrected chi connectivity index (χ1v) is 9.65. The Morgan fingerprint density at radius 2 is 2.04 bits per heavy atom. The number of ether oxygens (including phenoxy) is 1. The van der Waals surface area contributed by atoms with Crippen LogP contribution in [0, 0.1) is 11.8 Å². The Bertz CT molecular complexity index is 551. The maximum absolute atomic E-state index is 12.0. The van der Waals surface area contributed by atoms with E-state index in [-0.39, 0.29) is 30.7 Å². The fourth-order valence-corrected chi connectivity index (χ4v) is 3.68. The highest BCUT2D eigenvalue weighted by Crippen LogP contribution is 2.19. The van der Waals surface area contributed by atoms with Gasteiger partial charge in [-0.3, -0.25) is 9.69 Å². The van der Waals surface area contributed by atoms with E-state index in [1.54, 1.807) is 0 Å². The highest BCUT2D eigenvalue weighted by molar-refractivity contribution is 5.90. The Morgan fingerprint density at radius 3 is 2.67 bits per heavy atom. The third-order valence-corrected chi connectivity index (χ3v) is 5.26. The Labute approximate surface area is 175 Å². The van der Waals surface area contributed by atoms with E-state index in [1.165, 1.54) is 25.9 Å². The van der Waals surface area contributed by atoms with Gasteiger partial charge in [0.25, 0.3) is 0 Å². The summed E-state index contributed by atoms with van der Waals surface area (Å²) in [4.78, 5) is 14.5. The summed E-state index contributed by atoms with van der Waals surface area (Å²) in [6.45, 7) is 8.52. The lowest BCUT2D eigenvalue weighted by Crippen LogP contribution is -2.25. The number of likely N-dealkylation sites (tertiary alicyclic amines) is 1. The van der Waals surface area contributed by atoms with Gasteiger partial charge in [0.15, 0.2) is 0 Å². The summed E-state index contributed by atoms with van der Waals surface area (Å²) >= 11 is 0. The van der Waals surface area contributed by atoms with Crippen molar-refractivity contribution in [3.8, 4) is 5.75 Å². The molecular weight excluding hydrogens is 385 g/mol. The maximum atomic E-state index is 12.0. The summed E-state index contributed by atoms with van der Waals surface area (Å²) < 4.78 is 5.82. The molecule has 0 spiro atoms. The summed E-state index contributed by atoms with van der Waals surface area (Å²) in [7, 11) is 0. The third-order valence-electron chi connectivity index (χ3n) is 5.26. The van der Waals surface area contributed by atoms with E-state index in [0.29, 0.717) is 18.9 Å². The average molecular weight is 418 g/mol. The largest absolute Gasteiger partial charge is 0.492 e. The molecule has 0 aromatic heterocycles. The van der Waals surface area contributed by atoms with Crippen LogP contribution in [0.3, 0.4) is 0 Å². The second kappa shape index (κ2) is 12.4. The Hall–Kier alpha value is -1.01. The molecule has 2 heterocycles. The minimum Gasteiger partial charge on any atom is -0.492 e. The quantitative estimate of drug-likeness (QED) is 0.678. The van der Waals surface area contributed by atoms with Crippen LogP contribution in [-0.4, -0.2) is 50.1 Å². The van der Waals surface area contributed by atoms with Gasteiger partial charge in [0, 0.05) is 25.2 Å². The van der Waals surface area contributed by atoms with Crippen molar-refractivity contribution >= 4 is 36.4 Å². The van der Waals surface area contributed by atoms with Crippen molar-refractivity contribution in [1.82, 2.24) is 10.2 Å². The number of halogens is 2. The van der Waals surface area contributed by atoms with E-state index in [0.717, 1.165) is 43.4 Å². The van der Waals surface area contributed by atoms with E-state index < -0.39 is 0 Å². The molecule has 2 aliphatic rings. The zero-order chi connectivity index (χ0) is 17.5. The fraction of sp³-hybridized carbons (Fsp3) is 0.650. The van der Waals surface area contributed by atoms with E-state index in [9.17, 15) is 4.79 Å². The second-order valence-electron chi connectivity index (χ2n) is 7.51. The zero-order valence-electron chi connectivity index (χ0n) is 16.1. The molecule has 2 fully saturated rings. The minimum atomic E-state index is 0. The van der Waals surface area contributed by atoms with Crippen LogP contribution in [0.1, 0.15) is 32.6 Å². The van der Waals surface area contributed by atoms with Gasteiger partial charge in [-0.1, -0.05) is 6.92 Å². The maximum Gasteiger partial charge on any atom is 0.224 e. The van der Waals surface area contributed by atoms with E-state index >= 15 is 0 Å². The molecule has 1 amide bonds. The molecule has 2 atom stereocenters. The number of hydrogen-bond donors (Lipinski definition) is 2. The molecule has 2 unspecified atom stereocenters. The Morgan fingerprint density at radius 1 is 1.26 bits per heavy atom. The van der Waals surface area contributed by atoms with Crippen LogP contribution < -0.4 is 15.4 Å². The average Bonchev–Trinajstić information content (AvgIpc) is 3.26. The molecule has 5 nitrogen and oxygen atoms in total. The van der Waals surface area contributed by atoms with Crippen molar-refractivity contribution in [2.45, 2.75) is 32.6 Å². The monoisotopic (exact) mass is 417 g/mol. The molecule has 0 bridgehead atoms. The summed E-state index contributed by atoms with van der Waals surface area (Å²) in [5.41, 5.74) is 0.843. The van der Waals surface area contributed by atoms with Crippen molar-refractivity contribution in [1.29, 1.82) is 0 Å². The highest BCUT2D eigenvalue weighted by atomic mass is 35.5. The Balaban J connectivity index is 0.00000182. The molecule has 27 heavy (non-hydrogen) atoms. The van der Waals surface area contributed by atoms with Crippen LogP contribution in [-0.2, 0) is 4.79 Å².